The number of hydrogen-bond donors (Lipinski definition) is 1. The number of aromatic nitrogens is 1. The Morgan fingerprint density at radius 2 is 2.16 bits per heavy atom. The quantitative estimate of drug-likeness (QED) is 0.679. The van der Waals surface area contributed by atoms with Crippen molar-refractivity contribution in [2.24, 2.45) is 0 Å². The van der Waals surface area contributed by atoms with Crippen LogP contribution in [0.15, 0.2) is 22.7 Å². The van der Waals surface area contributed by atoms with Crippen molar-refractivity contribution in [1.29, 1.82) is 0 Å². The van der Waals surface area contributed by atoms with Crippen molar-refractivity contribution in [2.45, 2.75) is 20.4 Å². The van der Waals surface area contributed by atoms with Crippen LogP contribution in [0.2, 0.25) is 0 Å². The van der Waals surface area contributed by atoms with Gasteiger partial charge in [0, 0.05) is 6.07 Å². The van der Waals surface area contributed by atoms with E-state index in [2.05, 4.69) is 10.5 Å². The SMILES string of the molecule is Cc1cc(CNc2cc(C)c(F)cc2[N+](=O)[O-])on1. The number of nitrogens with one attached hydrogen (secondary N) is 1. The molecule has 1 heterocycles. The summed E-state index contributed by atoms with van der Waals surface area (Å²) in [5, 5.41) is 17.4. The minimum absolute atomic E-state index is 0.243. The Hall–Kier alpha value is -2.44. The maximum Gasteiger partial charge on any atom is 0.295 e. The molecule has 0 fully saturated rings. The van der Waals surface area contributed by atoms with Gasteiger partial charge in [-0.15, -0.1) is 0 Å². The summed E-state index contributed by atoms with van der Waals surface area (Å²) in [4.78, 5) is 10.2. The summed E-state index contributed by atoms with van der Waals surface area (Å²) in [5.74, 6) is -0.0541. The first-order chi connectivity index (χ1) is 8.97. The lowest BCUT2D eigenvalue weighted by atomic mass is 10.1. The largest absolute Gasteiger partial charge is 0.372 e. The number of hydrogen-bond acceptors (Lipinski definition) is 5. The highest BCUT2D eigenvalue weighted by Gasteiger charge is 2.17. The fourth-order valence-electron chi connectivity index (χ4n) is 1.65. The molecule has 19 heavy (non-hydrogen) atoms. The lowest BCUT2D eigenvalue weighted by Crippen LogP contribution is -2.03. The molecule has 0 aliphatic carbocycles. The molecule has 0 radical (unpaired) electrons. The summed E-state index contributed by atoms with van der Waals surface area (Å²) in [6.07, 6.45) is 0. The molecule has 0 aliphatic rings. The Labute approximate surface area is 108 Å². The maximum atomic E-state index is 13.3. The highest BCUT2D eigenvalue weighted by Crippen LogP contribution is 2.27. The number of nitro benzene ring substituents is 1. The molecule has 1 N–H and O–H groups in total. The number of nitrogens with zero attached hydrogens (tertiary/aromatic N) is 2. The molecule has 0 amide bonds. The first-order valence-electron chi connectivity index (χ1n) is 5.58. The summed E-state index contributed by atoms with van der Waals surface area (Å²) < 4.78 is 18.3. The zero-order valence-electron chi connectivity index (χ0n) is 10.4. The van der Waals surface area contributed by atoms with Gasteiger partial charge in [0.05, 0.1) is 23.2 Å². The summed E-state index contributed by atoms with van der Waals surface area (Å²) in [7, 11) is 0. The molecule has 2 rings (SSSR count). The Kier molecular flexibility index (Phi) is 3.46. The summed E-state index contributed by atoms with van der Waals surface area (Å²) in [6, 6.07) is 4.02. The van der Waals surface area contributed by atoms with E-state index in [4.69, 9.17) is 4.52 Å². The molecule has 6 nitrogen and oxygen atoms in total. The second kappa shape index (κ2) is 5.05. The van der Waals surface area contributed by atoms with E-state index in [0.29, 0.717) is 11.3 Å². The molecule has 0 bridgehead atoms. The van der Waals surface area contributed by atoms with E-state index in [9.17, 15) is 14.5 Å². The minimum Gasteiger partial charge on any atom is -0.372 e. The van der Waals surface area contributed by atoms with Crippen LogP contribution in [0, 0.1) is 29.8 Å². The molecule has 2 aromatic rings. The summed E-state index contributed by atoms with van der Waals surface area (Å²) >= 11 is 0. The van der Waals surface area contributed by atoms with Crippen molar-refractivity contribution >= 4 is 11.4 Å². The average Bonchev–Trinajstić information content (AvgIpc) is 2.76. The van der Waals surface area contributed by atoms with Gasteiger partial charge in [-0.05, 0) is 25.5 Å². The van der Waals surface area contributed by atoms with Crippen molar-refractivity contribution < 1.29 is 13.8 Å². The second-order valence-corrected chi connectivity index (χ2v) is 4.16. The molecule has 0 aliphatic heterocycles. The van der Waals surface area contributed by atoms with E-state index in [-0.39, 0.29) is 17.9 Å². The van der Waals surface area contributed by atoms with E-state index in [1.807, 2.05) is 0 Å². The Morgan fingerprint density at radius 1 is 1.42 bits per heavy atom. The number of nitro groups is 1. The molecule has 100 valence electrons. The molecule has 0 saturated heterocycles. The van der Waals surface area contributed by atoms with Gasteiger partial charge in [-0.1, -0.05) is 5.16 Å². The van der Waals surface area contributed by atoms with E-state index >= 15 is 0 Å². The van der Waals surface area contributed by atoms with Crippen LogP contribution < -0.4 is 5.32 Å². The van der Waals surface area contributed by atoms with E-state index in [0.717, 1.165) is 11.8 Å². The molecule has 0 saturated carbocycles. The van der Waals surface area contributed by atoms with Gasteiger partial charge in [-0.2, -0.15) is 0 Å². The van der Waals surface area contributed by atoms with Gasteiger partial charge >= 0.3 is 0 Å². The Balaban J connectivity index is 2.23. The number of benzene rings is 1. The van der Waals surface area contributed by atoms with Crippen molar-refractivity contribution in [2.75, 3.05) is 5.32 Å². The third kappa shape index (κ3) is 2.87. The van der Waals surface area contributed by atoms with Crippen LogP contribution in [-0.2, 0) is 6.54 Å². The topological polar surface area (TPSA) is 81.2 Å². The van der Waals surface area contributed by atoms with Gasteiger partial charge in [-0.25, -0.2) is 4.39 Å². The van der Waals surface area contributed by atoms with Crippen molar-refractivity contribution in [3.63, 3.8) is 0 Å². The molecular formula is C12H12FN3O3. The number of anilines is 1. The normalized spacial score (nSPS) is 10.5. The standard InChI is InChI=1S/C12H12FN3O3/c1-7-3-11(12(16(17)18)5-10(7)13)14-6-9-4-8(2)15-19-9/h3-5,14H,6H2,1-2H3. The minimum atomic E-state index is -0.628. The summed E-state index contributed by atoms with van der Waals surface area (Å²) in [5.41, 5.74) is 1.00. The van der Waals surface area contributed by atoms with Gasteiger partial charge in [0.25, 0.3) is 5.69 Å². The number of aryl methyl sites for hydroxylation is 2. The lowest BCUT2D eigenvalue weighted by molar-refractivity contribution is -0.384. The van der Waals surface area contributed by atoms with Crippen LogP contribution in [0.4, 0.5) is 15.8 Å². The first-order valence-corrected chi connectivity index (χ1v) is 5.58. The van der Waals surface area contributed by atoms with Gasteiger partial charge in [-0.3, -0.25) is 10.1 Å². The second-order valence-electron chi connectivity index (χ2n) is 4.16. The van der Waals surface area contributed by atoms with E-state index in [1.165, 1.54) is 6.07 Å². The predicted molar refractivity (Wildman–Crippen MR) is 66.4 cm³/mol. The van der Waals surface area contributed by atoms with Crippen molar-refractivity contribution in [1.82, 2.24) is 5.16 Å². The number of rotatable bonds is 4. The molecule has 0 unspecified atom stereocenters. The molecule has 0 atom stereocenters. The highest BCUT2D eigenvalue weighted by atomic mass is 19.1. The molecule has 7 heteroatoms. The smallest absolute Gasteiger partial charge is 0.295 e. The first kappa shape index (κ1) is 13.0. The van der Waals surface area contributed by atoms with E-state index < -0.39 is 10.7 Å². The Bertz CT molecular complexity index is 625. The van der Waals surface area contributed by atoms with Crippen LogP contribution >= 0.6 is 0 Å². The molecule has 0 spiro atoms. The number of halogens is 1. The molecular weight excluding hydrogens is 253 g/mol. The molecule has 1 aromatic carbocycles. The highest BCUT2D eigenvalue weighted by molar-refractivity contribution is 5.63. The summed E-state index contributed by atoms with van der Waals surface area (Å²) in [6.45, 7) is 3.56. The van der Waals surface area contributed by atoms with Gasteiger partial charge in [0.15, 0.2) is 5.76 Å². The molecule has 1 aromatic heterocycles. The van der Waals surface area contributed by atoms with Crippen LogP contribution in [0.25, 0.3) is 0 Å². The van der Waals surface area contributed by atoms with Crippen LogP contribution in [0.3, 0.4) is 0 Å². The fourth-order valence-corrected chi connectivity index (χ4v) is 1.65. The van der Waals surface area contributed by atoms with Crippen LogP contribution in [0.5, 0.6) is 0 Å². The zero-order chi connectivity index (χ0) is 14.0. The fraction of sp³-hybridized carbons (Fsp3) is 0.250. The van der Waals surface area contributed by atoms with Gasteiger partial charge < -0.3 is 9.84 Å². The van der Waals surface area contributed by atoms with Gasteiger partial charge in [0.1, 0.15) is 11.5 Å². The van der Waals surface area contributed by atoms with Crippen LogP contribution in [0.1, 0.15) is 17.0 Å². The third-order valence-corrected chi connectivity index (χ3v) is 2.60. The van der Waals surface area contributed by atoms with Crippen molar-refractivity contribution in [3.8, 4) is 0 Å². The zero-order valence-corrected chi connectivity index (χ0v) is 10.4. The Morgan fingerprint density at radius 3 is 2.74 bits per heavy atom. The monoisotopic (exact) mass is 265 g/mol. The van der Waals surface area contributed by atoms with Crippen LogP contribution in [-0.4, -0.2) is 10.1 Å². The lowest BCUT2D eigenvalue weighted by Gasteiger charge is -2.06. The predicted octanol–water partition coefficient (Wildman–Crippen LogP) is 2.95. The third-order valence-electron chi connectivity index (χ3n) is 2.60. The maximum absolute atomic E-state index is 13.3. The van der Waals surface area contributed by atoms with E-state index in [1.54, 1.807) is 19.9 Å². The van der Waals surface area contributed by atoms with Crippen molar-refractivity contribution in [3.05, 3.63) is 51.1 Å². The average molecular weight is 265 g/mol. The van der Waals surface area contributed by atoms with Gasteiger partial charge in [0.2, 0.25) is 0 Å².